The average molecular weight is 221 g/mol. The Bertz CT molecular complexity index is 304. The number of rotatable bonds is 4. The van der Waals surface area contributed by atoms with Gasteiger partial charge in [-0.2, -0.15) is 0 Å². The van der Waals surface area contributed by atoms with Crippen LogP contribution in [0, 0.1) is 5.92 Å². The summed E-state index contributed by atoms with van der Waals surface area (Å²) in [7, 11) is 0. The van der Waals surface area contributed by atoms with Gasteiger partial charge >= 0.3 is 0 Å². The van der Waals surface area contributed by atoms with Gasteiger partial charge in [-0.05, 0) is 36.5 Å². The summed E-state index contributed by atoms with van der Waals surface area (Å²) < 4.78 is 5.33. The summed E-state index contributed by atoms with van der Waals surface area (Å²) in [6, 6.07) is 7.94. The standard InChI is InChI=1S/C13H19NO2/c15-10-12-1-3-13(4-2-12)14-9-11-5-7-16-8-6-11/h1-4,11,14-15H,5-10H2. The van der Waals surface area contributed by atoms with E-state index >= 15 is 0 Å². The lowest BCUT2D eigenvalue weighted by Gasteiger charge is -2.22. The summed E-state index contributed by atoms with van der Waals surface area (Å²) in [6.07, 6.45) is 2.31. The Balaban J connectivity index is 1.79. The highest BCUT2D eigenvalue weighted by Crippen LogP contribution is 2.16. The van der Waals surface area contributed by atoms with Crippen LogP contribution in [0.4, 0.5) is 5.69 Å². The van der Waals surface area contributed by atoms with Crippen molar-refractivity contribution in [3.05, 3.63) is 29.8 Å². The fourth-order valence-corrected chi connectivity index (χ4v) is 1.94. The zero-order valence-electron chi connectivity index (χ0n) is 9.48. The smallest absolute Gasteiger partial charge is 0.0681 e. The minimum Gasteiger partial charge on any atom is -0.392 e. The molecule has 0 aromatic heterocycles. The number of hydrogen-bond donors (Lipinski definition) is 2. The van der Waals surface area contributed by atoms with Crippen molar-refractivity contribution in [1.82, 2.24) is 0 Å². The number of benzene rings is 1. The molecular weight excluding hydrogens is 202 g/mol. The van der Waals surface area contributed by atoms with E-state index < -0.39 is 0 Å². The first-order valence-corrected chi connectivity index (χ1v) is 5.90. The molecule has 1 aromatic rings. The zero-order valence-corrected chi connectivity index (χ0v) is 9.48. The maximum absolute atomic E-state index is 8.93. The monoisotopic (exact) mass is 221 g/mol. The molecular formula is C13H19NO2. The number of nitrogens with one attached hydrogen (secondary N) is 1. The molecule has 0 amide bonds. The lowest BCUT2D eigenvalue weighted by Crippen LogP contribution is -2.22. The molecule has 1 aliphatic rings. The van der Waals surface area contributed by atoms with Crippen molar-refractivity contribution in [2.75, 3.05) is 25.1 Å². The SMILES string of the molecule is OCc1ccc(NCC2CCOCC2)cc1. The van der Waals surface area contributed by atoms with E-state index in [9.17, 15) is 0 Å². The lowest BCUT2D eigenvalue weighted by molar-refractivity contribution is 0.0699. The zero-order chi connectivity index (χ0) is 11.2. The first-order valence-electron chi connectivity index (χ1n) is 5.90. The molecule has 0 spiro atoms. The quantitative estimate of drug-likeness (QED) is 0.817. The summed E-state index contributed by atoms with van der Waals surface area (Å²) in [5.74, 6) is 0.728. The molecule has 1 heterocycles. The van der Waals surface area contributed by atoms with E-state index in [1.807, 2.05) is 24.3 Å². The Labute approximate surface area is 96.4 Å². The maximum Gasteiger partial charge on any atom is 0.0681 e. The minimum absolute atomic E-state index is 0.111. The van der Waals surface area contributed by atoms with Crippen LogP contribution in [-0.2, 0) is 11.3 Å². The van der Waals surface area contributed by atoms with Gasteiger partial charge < -0.3 is 15.2 Å². The lowest BCUT2D eigenvalue weighted by atomic mass is 10.0. The predicted molar refractivity (Wildman–Crippen MR) is 64.4 cm³/mol. The van der Waals surface area contributed by atoms with Crippen LogP contribution in [0.15, 0.2) is 24.3 Å². The Kier molecular flexibility index (Phi) is 4.19. The number of ether oxygens (including phenoxy) is 1. The Morgan fingerprint density at radius 3 is 2.50 bits per heavy atom. The van der Waals surface area contributed by atoms with Crippen molar-refractivity contribution in [2.24, 2.45) is 5.92 Å². The van der Waals surface area contributed by atoms with Gasteiger partial charge in [0.2, 0.25) is 0 Å². The third-order valence-electron chi connectivity index (χ3n) is 3.07. The van der Waals surface area contributed by atoms with Crippen molar-refractivity contribution in [3.8, 4) is 0 Å². The highest BCUT2D eigenvalue weighted by Gasteiger charge is 2.12. The molecule has 3 heteroatoms. The van der Waals surface area contributed by atoms with Gasteiger partial charge in [-0.25, -0.2) is 0 Å². The first-order chi connectivity index (χ1) is 7.88. The van der Waals surface area contributed by atoms with E-state index in [1.165, 1.54) is 0 Å². The Morgan fingerprint density at radius 2 is 1.88 bits per heavy atom. The van der Waals surface area contributed by atoms with Gasteiger partial charge in [0.1, 0.15) is 0 Å². The molecule has 0 bridgehead atoms. The van der Waals surface area contributed by atoms with Gasteiger partial charge in [-0.1, -0.05) is 12.1 Å². The second-order valence-electron chi connectivity index (χ2n) is 4.29. The summed E-state index contributed by atoms with van der Waals surface area (Å²) in [5.41, 5.74) is 2.08. The Hall–Kier alpha value is -1.06. The molecule has 0 atom stereocenters. The van der Waals surface area contributed by atoms with Gasteiger partial charge in [0.25, 0.3) is 0 Å². The molecule has 0 aliphatic carbocycles. The molecule has 1 saturated heterocycles. The number of aliphatic hydroxyl groups excluding tert-OH is 1. The van der Waals surface area contributed by atoms with Gasteiger partial charge in [-0.15, -0.1) is 0 Å². The van der Waals surface area contributed by atoms with Gasteiger partial charge in [0, 0.05) is 25.4 Å². The van der Waals surface area contributed by atoms with Crippen molar-refractivity contribution in [2.45, 2.75) is 19.4 Å². The third-order valence-corrected chi connectivity index (χ3v) is 3.07. The average Bonchev–Trinajstić information content (AvgIpc) is 2.38. The van der Waals surface area contributed by atoms with Crippen LogP contribution in [-0.4, -0.2) is 24.9 Å². The van der Waals surface area contributed by atoms with E-state index in [2.05, 4.69) is 5.32 Å². The van der Waals surface area contributed by atoms with Crippen LogP contribution in [0.5, 0.6) is 0 Å². The molecule has 1 fully saturated rings. The molecule has 1 aromatic carbocycles. The predicted octanol–water partition coefficient (Wildman–Crippen LogP) is 2.02. The van der Waals surface area contributed by atoms with Gasteiger partial charge in [0.05, 0.1) is 6.61 Å². The third kappa shape index (κ3) is 3.22. The Morgan fingerprint density at radius 1 is 1.19 bits per heavy atom. The van der Waals surface area contributed by atoms with E-state index in [-0.39, 0.29) is 6.61 Å². The van der Waals surface area contributed by atoms with E-state index in [1.54, 1.807) is 0 Å². The maximum atomic E-state index is 8.93. The highest BCUT2D eigenvalue weighted by atomic mass is 16.5. The molecule has 1 aliphatic heterocycles. The summed E-state index contributed by atoms with van der Waals surface area (Å²) >= 11 is 0. The molecule has 0 radical (unpaired) electrons. The van der Waals surface area contributed by atoms with Crippen molar-refractivity contribution >= 4 is 5.69 Å². The molecule has 16 heavy (non-hydrogen) atoms. The molecule has 88 valence electrons. The number of aliphatic hydroxyl groups is 1. The second-order valence-corrected chi connectivity index (χ2v) is 4.29. The summed E-state index contributed by atoms with van der Waals surface area (Å²) in [5, 5.41) is 12.4. The molecule has 2 N–H and O–H groups in total. The van der Waals surface area contributed by atoms with Crippen molar-refractivity contribution < 1.29 is 9.84 Å². The van der Waals surface area contributed by atoms with Gasteiger partial charge in [-0.3, -0.25) is 0 Å². The summed E-state index contributed by atoms with van der Waals surface area (Å²) in [4.78, 5) is 0. The van der Waals surface area contributed by atoms with Crippen LogP contribution < -0.4 is 5.32 Å². The topological polar surface area (TPSA) is 41.5 Å². The van der Waals surface area contributed by atoms with Crippen LogP contribution in [0.2, 0.25) is 0 Å². The number of anilines is 1. The van der Waals surface area contributed by atoms with Crippen LogP contribution >= 0.6 is 0 Å². The van der Waals surface area contributed by atoms with Crippen LogP contribution in [0.3, 0.4) is 0 Å². The fraction of sp³-hybridized carbons (Fsp3) is 0.538. The number of hydrogen-bond acceptors (Lipinski definition) is 3. The van der Waals surface area contributed by atoms with Crippen molar-refractivity contribution in [1.29, 1.82) is 0 Å². The molecule has 3 nitrogen and oxygen atoms in total. The van der Waals surface area contributed by atoms with E-state index in [0.29, 0.717) is 0 Å². The van der Waals surface area contributed by atoms with Crippen molar-refractivity contribution in [3.63, 3.8) is 0 Å². The summed E-state index contributed by atoms with van der Waals surface area (Å²) in [6.45, 7) is 2.92. The molecule has 2 rings (SSSR count). The van der Waals surface area contributed by atoms with E-state index in [0.717, 1.165) is 49.8 Å². The van der Waals surface area contributed by atoms with Crippen LogP contribution in [0.1, 0.15) is 18.4 Å². The highest BCUT2D eigenvalue weighted by molar-refractivity contribution is 5.44. The minimum atomic E-state index is 0.111. The normalized spacial score (nSPS) is 17.3. The first kappa shape index (κ1) is 11.4. The largest absolute Gasteiger partial charge is 0.392 e. The second kappa shape index (κ2) is 5.87. The van der Waals surface area contributed by atoms with Crippen LogP contribution in [0.25, 0.3) is 0 Å². The van der Waals surface area contributed by atoms with E-state index in [4.69, 9.17) is 9.84 Å². The van der Waals surface area contributed by atoms with Gasteiger partial charge in [0.15, 0.2) is 0 Å². The molecule has 0 unspecified atom stereocenters. The molecule has 0 saturated carbocycles. The fourth-order valence-electron chi connectivity index (χ4n) is 1.94.